The van der Waals surface area contributed by atoms with Crippen LogP contribution in [-0.2, 0) is 14.8 Å². The van der Waals surface area contributed by atoms with E-state index < -0.39 is 10.0 Å². The molecule has 0 amide bonds. The molecule has 1 atom stereocenters. The van der Waals surface area contributed by atoms with Crippen LogP contribution in [0.4, 0.5) is 5.82 Å². The van der Waals surface area contributed by atoms with Crippen LogP contribution in [0.1, 0.15) is 32.4 Å². The first-order chi connectivity index (χ1) is 7.84. The number of anilines is 1. The molecule has 6 nitrogen and oxygen atoms in total. The Bertz CT molecular complexity index is 453. The van der Waals surface area contributed by atoms with Gasteiger partial charge in [-0.1, -0.05) is 13.8 Å². The minimum atomic E-state index is -3.42. The van der Waals surface area contributed by atoms with Crippen LogP contribution < -0.4 is 4.72 Å². The predicted octanol–water partition coefficient (Wildman–Crippen LogP) is 1.31. The molecule has 1 rings (SSSR count). The van der Waals surface area contributed by atoms with Gasteiger partial charge in [-0.05, 0) is 12.8 Å². The van der Waals surface area contributed by atoms with Crippen molar-refractivity contribution >= 4 is 15.8 Å². The fourth-order valence-corrected chi connectivity index (χ4v) is 2.52. The van der Waals surface area contributed by atoms with Crippen molar-refractivity contribution in [1.82, 2.24) is 10.2 Å². The molecule has 1 heterocycles. The summed E-state index contributed by atoms with van der Waals surface area (Å²) >= 11 is 0. The van der Waals surface area contributed by atoms with Crippen molar-refractivity contribution in [1.29, 1.82) is 0 Å². The van der Waals surface area contributed by atoms with Gasteiger partial charge in [-0.25, -0.2) is 8.42 Å². The van der Waals surface area contributed by atoms with E-state index in [0.29, 0.717) is 5.82 Å². The van der Waals surface area contributed by atoms with Gasteiger partial charge >= 0.3 is 0 Å². The van der Waals surface area contributed by atoms with E-state index in [1.54, 1.807) is 13.0 Å². The summed E-state index contributed by atoms with van der Waals surface area (Å²) in [6, 6.07) is 1.69. The normalized spacial score (nSPS) is 13.9. The number of aromatic nitrogens is 2. The first kappa shape index (κ1) is 14.0. The molecule has 2 N–H and O–H groups in total. The smallest absolute Gasteiger partial charge is 0.236 e. The van der Waals surface area contributed by atoms with E-state index >= 15 is 0 Å². The fraction of sp³-hybridized carbons (Fsp3) is 0.700. The largest absolute Gasteiger partial charge is 0.381 e. The van der Waals surface area contributed by atoms with E-state index in [1.807, 2.05) is 13.8 Å². The summed E-state index contributed by atoms with van der Waals surface area (Å²) in [5.41, 5.74) is 0.891. The van der Waals surface area contributed by atoms with Gasteiger partial charge in [0, 0.05) is 18.9 Å². The SMILES string of the molecule is COC(C)CS(=O)(=O)Nc1cc(C(C)C)[nH]n1. The van der Waals surface area contributed by atoms with Gasteiger partial charge < -0.3 is 4.74 Å². The monoisotopic (exact) mass is 261 g/mol. The van der Waals surface area contributed by atoms with Gasteiger partial charge in [0.1, 0.15) is 0 Å². The molecule has 0 spiro atoms. The Kier molecular flexibility index (Phi) is 4.53. The van der Waals surface area contributed by atoms with Crippen LogP contribution in [0.3, 0.4) is 0 Å². The Balaban J connectivity index is 2.69. The summed E-state index contributed by atoms with van der Waals surface area (Å²) in [5.74, 6) is 0.503. The Morgan fingerprint density at radius 1 is 1.47 bits per heavy atom. The van der Waals surface area contributed by atoms with Crippen LogP contribution in [0.5, 0.6) is 0 Å². The van der Waals surface area contributed by atoms with Crippen molar-refractivity contribution in [2.45, 2.75) is 32.8 Å². The van der Waals surface area contributed by atoms with E-state index in [9.17, 15) is 8.42 Å². The second-order valence-electron chi connectivity index (χ2n) is 4.29. The maximum absolute atomic E-state index is 11.7. The third-order valence-corrected chi connectivity index (χ3v) is 3.76. The number of aromatic amines is 1. The third-order valence-electron chi connectivity index (χ3n) is 2.34. The third kappa shape index (κ3) is 4.35. The Hall–Kier alpha value is -1.08. The molecule has 0 fully saturated rings. The van der Waals surface area contributed by atoms with E-state index in [0.717, 1.165) is 5.69 Å². The minimum Gasteiger partial charge on any atom is -0.381 e. The number of sulfonamides is 1. The molecule has 0 saturated heterocycles. The highest BCUT2D eigenvalue weighted by atomic mass is 32.2. The number of nitrogens with one attached hydrogen (secondary N) is 2. The number of methoxy groups -OCH3 is 1. The first-order valence-electron chi connectivity index (χ1n) is 5.42. The van der Waals surface area contributed by atoms with Crippen LogP contribution in [-0.4, -0.2) is 37.6 Å². The number of H-pyrrole nitrogens is 1. The molecule has 0 aliphatic carbocycles. The first-order valence-corrected chi connectivity index (χ1v) is 7.08. The Labute approximate surface area is 102 Å². The minimum absolute atomic E-state index is 0.0899. The van der Waals surface area contributed by atoms with Gasteiger partial charge in [0.25, 0.3) is 0 Å². The van der Waals surface area contributed by atoms with Gasteiger partial charge in [0.05, 0.1) is 11.9 Å². The molecule has 0 radical (unpaired) electrons. The average molecular weight is 261 g/mol. The number of ether oxygens (including phenoxy) is 1. The number of rotatable bonds is 6. The summed E-state index contributed by atoms with van der Waals surface area (Å²) in [6.07, 6.45) is -0.351. The zero-order chi connectivity index (χ0) is 13.1. The van der Waals surface area contributed by atoms with E-state index in [1.165, 1.54) is 7.11 Å². The molecule has 0 aliphatic heterocycles. The molecular weight excluding hydrogens is 242 g/mol. The van der Waals surface area contributed by atoms with Crippen molar-refractivity contribution in [3.05, 3.63) is 11.8 Å². The van der Waals surface area contributed by atoms with E-state index in [4.69, 9.17) is 4.74 Å². The average Bonchev–Trinajstić information content (AvgIpc) is 2.64. The molecule has 1 aromatic rings. The van der Waals surface area contributed by atoms with Crippen molar-refractivity contribution in [3.8, 4) is 0 Å². The van der Waals surface area contributed by atoms with Crippen molar-refractivity contribution < 1.29 is 13.2 Å². The summed E-state index contributed by atoms with van der Waals surface area (Å²) in [7, 11) is -1.94. The molecule has 0 bridgehead atoms. The van der Waals surface area contributed by atoms with Crippen LogP contribution in [0.2, 0.25) is 0 Å². The molecule has 1 unspecified atom stereocenters. The highest BCUT2D eigenvalue weighted by Crippen LogP contribution is 2.15. The second-order valence-corrected chi connectivity index (χ2v) is 6.06. The lowest BCUT2D eigenvalue weighted by atomic mass is 10.1. The van der Waals surface area contributed by atoms with Gasteiger partial charge in [-0.2, -0.15) is 5.10 Å². The quantitative estimate of drug-likeness (QED) is 0.808. The van der Waals surface area contributed by atoms with E-state index in [2.05, 4.69) is 14.9 Å². The molecule has 0 saturated carbocycles. The summed E-state index contributed by atoms with van der Waals surface area (Å²) in [4.78, 5) is 0. The zero-order valence-corrected chi connectivity index (χ0v) is 11.3. The molecular formula is C10H19N3O3S. The summed E-state index contributed by atoms with van der Waals surface area (Å²) in [5, 5.41) is 6.69. The van der Waals surface area contributed by atoms with Crippen LogP contribution in [0.25, 0.3) is 0 Å². The van der Waals surface area contributed by atoms with Crippen LogP contribution in [0, 0.1) is 0 Å². The molecule has 98 valence electrons. The Morgan fingerprint density at radius 3 is 2.59 bits per heavy atom. The lowest BCUT2D eigenvalue weighted by Gasteiger charge is -2.10. The lowest BCUT2D eigenvalue weighted by Crippen LogP contribution is -2.25. The molecule has 1 aromatic heterocycles. The van der Waals surface area contributed by atoms with Crippen LogP contribution >= 0.6 is 0 Å². The number of hydrogen-bond donors (Lipinski definition) is 2. The van der Waals surface area contributed by atoms with Crippen molar-refractivity contribution in [3.63, 3.8) is 0 Å². The van der Waals surface area contributed by atoms with E-state index in [-0.39, 0.29) is 17.8 Å². The van der Waals surface area contributed by atoms with Gasteiger partial charge in [0.2, 0.25) is 10.0 Å². The standard InChI is InChI=1S/C10H19N3O3S/c1-7(2)9-5-10(12-11-9)13-17(14,15)6-8(3)16-4/h5,7-8H,6H2,1-4H3,(H2,11,12,13). The Morgan fingerprint density at radius 2 is 2.12 bits per heavy atom. The number of nitrogens with zero attached hydrogens (tertiary/aromatic N) is 1. The lowest BCUT2D eigenvalue weighted by molar-refractivity contribution is 0.136. The maximum Gasteiger partial charge on any atom is 0.236 e. The molecule has 7 heteroatoms. The molecule has 0 aromatic carbocycles. The number of hydrogen-bond acceptors (Lipinski definition) is 4. The highest BCUT2D eigenvalue weighted by molar-refractivity contribution is 7.92. The fourth-order valence-electron chi connectivity index (χ4n) is 1.26. The van der Waals surface area contributed by atoms with Crippen molar-refractivity contribution in [2.75, 3.05) is 17.6 Å². The van der Waals surface area contributed by atoms with Gasteiger partial charge in [0.15, 0.2) is 5.82 Å². The highest BCUT2D eigenvalue weighted by Gasteiger charge is 2.17. The summed E-state index contributed by atoms with van der Waals surface area (Å²) < 4.78 is 30.7. The molecule has 0 aliphatic rings. The second kappa shape index (κ2) is 5.50. The van der Waals surface area contributed by atoms with Gasteiger partial charge in [-0.3, -0.25) is 9.82 Å². The molecule has 17 heavy (non-hydrogen) atoms. The predicted molar refractivity (Wildman–Crippen MR) is 66.6 cm³/mol. The summed E-state index contributed by atoms with van der Waals surface area (Å²) in [6.45, 7) is 5.70. The van der Waals surface area contributed by atoms with Crippen molar-refractivity contribution in [2.24, 2.45) is 0 Å². The van der Waals surface area contributed by atoms with Gasteiger partial charge in [-0.15, -0.1) is 0 Å². The maximum atomic E-state index is 11.7. The topological polar surface area (TPSA) is 84.1 Å². The van der Waals surface area contributed by atoms with Crippen LogP contribution in [0.15, 0.2) is 6.07 Å². The zero-order valence-electron chi connectivity index (χ0n) is 10.5.